The summed E-state index contributed by atoms with van der Waals surface area (Å²) in [5.74, 6) is -1.69. The minimum absolute atomic E-state index is 0.160. The van der Waals surface area contributed by atoms with Gasteiger partial charge in [0.1, 0.15) is 12.0 Å². The van der Waals surface area contributed by atoms with Crippen molar-refractivity contribution in [1.82, 2.24) is 0 Å². The van der Waals surface area contributed by atoms with Crippen molar-refractivity contribution >= 4 is 44.8 Å². The molecule has 2 aliphatic heterocycles. The maximum absolute atomic E-state index is 13.8. The number of hydroxylamine groups is 1. The van der Waals surface area contributed by atoms with Gasteiger partial charge in [0.2, 0.25) is 5.91 Å². The molecule has 0 aliphatic carbocycles. The highest BCUT2D eigenvalue weighted by Gasteiger charge is 2.61. The fourth-order valence-electron chi connectivity index (χ4n) is 4.65. The molecule has 0 spiro atoms. The molecule has 0 N–H and O–H groups in total. The Hall–Kier alpha value is -3.96. The molecule has 10 nitrogen and oxygen atoms in total. The second-order valence-electron chi connectivity index (χ2n) is 8.17. The van der Waals surface area contributed by atoms with Gasteiger partial charge in [-0.25, -0.2) is 9.96 Å². The molecule has 0 saturated carbocycles. The third-order valence-electron chi connectivity index (χ3n) is 6.26. The van der Waals surface area contributed by atoms with Crippen molar-refractivity contribution in [3.63, 3.8) is 0 Å². The van der Waals surface area contributed by atoms with Crippen molar-refractivity contribution in [1.29, 1.82) is 0 Å². The van der Waals surface area contributed by atoms with Gasteiger partial charge in [-0.2, -0.15) is 0 Å². The number of ether oxygens (including phenoxy) is 2. The van der Waals surface area contributed by atoms with Gasteiger partial charge < -0.3 is 9.47 Å². The molecule has 5 rings (SSSR count). The van der Waals surface area contributed by atoms with Crippen LogP contribution in [0.3, 0.4) is 0 Å². The molecule has 36 heavy (non-hydrogen) atoms. The normalized spacial score (nSPS) is 21.0. The predicted octanol–water partition coefficient (Wildman–Crippen LogP) is 4.43. The summed E-state index contributed by atoms with van der Waals surface area (Å²) < 4.78 is 11.4. The van der Waals surface area contributed by atoms with Crippen LogP contribution in [0, 0.1) is 16.0 Å². The highest BCUT2D eigenvalue weighted by molar-refractivity contribution is 9.10. The van der Waals surface area contributed by atoms with Crippen LogP contribution < -0.4 is 19.4 Å². The van der Waals surface area contributed by atoms with Crippen LogP contribution in [0.5, 0.6) is 11.5 Å². The van der Waals surface area contributed by atoms with Crippen LogP contribution in [0.25, 0.3) is 0 Å². The topological polar surface area (TPSA) is 111 Å². The summed E-state index contributed by atoms with van der Waals surface area (Å²) in [6, 6.07) is 17.3. The third-order valence-corrected chi connectivity index (χ3v) is 6.79. The monoisotopic (exact) mass is 553 g/mol. The summed E-state index contributed by atoms with van der Waals surface area (Å²) in [5, 5.41) is 13.5. The van der Waals surface area contributed by atoms with Gasteiger partial charge >= 0.3 is 0 Å². The summed E-state index contributed by atoms with van der Waals surface area (Å²) in [5.41, 5.74) is 0.799. The maximum atomic E-state index is 13.8. The molecular weight excluding hydrogens is 534 g/mol. The standard InChI is InChI=1S/C25H20BrN3O7/c1-34-19-12-17(18(29(32)33)13-20(19)35-2)22-21-23(36-28(22)16-6-4-3-5-7-16)25(31)27(24(21)30)15-10-8-14(26)9-11-15/h3-13,21-23H,1-2H3/t21-,22+,23+/m1/s1. The second-order valence-corrected chi connectivity index (χ2v) is 9.09. The highest BCUT2D eigenvalue weighted by Crippen LogP contribution is 2.51. The Morgan fingerprint density at radius 3 is 2.17 bits per heavy atom. The van der Waals surface area contributed by atoms with E-state index in [-0.39, 0.29) is 22.7 Å². The van der Waals surface area contributed by atoms with Crippen LogP contribution in [0.2, 0.25) is 0 Å². The van der Waals surface area contributed by atoms with Crippen molar-refractivity contribution in [2.45, 2.75) is 12.1 Å². The molecule has 3 atom stereocenters. The van der Waals surface area contributed by atoms with Gasteiger partial charge in [0.25, 0.3) is 11.6 Å². The number of hydrogen-bond acceptors (Lipinski definition) is 8. The second kappa shape index (κ2) is 9.25. The molecule has 2 amide bonds. The Morgan fingerprint density at radius 2 is 1.56 bits per heavy atom. The summed E-state index contributed by atoms with van der Waals surface area (Å²) in [7, 11) is 2.79. The van der Waals surface area contributed by atoms with Crippen LogP contribution in [0.4, 0.5) is 17.1 Å². The van der Waals surface area contributed by atoms with Gasteiger partial charge in [0.15, 0.2) is 17.6 Å². The molecule has 0 radical (unpaired) electrons. The zero-order chi connectivity index (χ0) is 25.6. The maximum Gasteiger partial charge on any atom is 0.278 e. The number of nitro benzene ring substituents is 1. The van der Waals surface area contributed by atoms with Gasteiger partial charge in [-0.1, -0.05) is 34.1 Å². The first-order valence-corrected chi connectivity index (χ1v) is 11.7. The fourth-order valence-corrected chi connectivity index (χ4v) is 4.92. The molecular formula is C25H20BrN3O7. The average molecular weight is 554 g/mol. The molecule has 3 aromatic rings. The number of nitro groups is 1. The van der Waals surface area contributed by atoms with Gasteiger partial charge in [-0.15, -0.1) is 0 Å². The minimum atomic E-state index is -1.17. The number of para-hydroxylation sites is 1. The molecule has 3 aromatic carbocycles. The lowest BCUT2D eigenvalue weighted by Crippen LogP contribution is -2.37. The number of carbonyl (C=O) groups excluding carboxylic acids is 2. The number of halogens is 1. The summed E-state index contributed by atoms with van der Waals surface area (Å²) in [6.45, 7) is 0. The quantitative estimate of drug-likeness (QED) is 0.250. The summed E-state index contributed by atoms with van der Waals surface area (Å²) in [4.78, 5) is 45.9. The number of benzene rings is 3. The van der Waals surface area contributed by atoms with E-state index < -0.39 is 34.8 Å². The van der Waals surface area contributed by atoms with Crippen LogP contribution in [0.15, 0.2) is 71.2 Å². The molecule has 2 aliphatic rings. The van der Waals surface area contributed by atoms with Crippen LogP contribution >= 0.6 is 15.9 Å². The van der Waals surface area contributed by atoms with Crippen molar-refractivity contribution in [3.8, 4) is 11.5 Å². The molecule has 0 aromatic heterocycles. The first kappa shape index (κ1) is 23.8. The third kappa shape index (κ3) is 3.76. The molecule has 0 unspecified atom stereocenters. The number of amides is 2. The van der Waals surface area contributed by atoms with Crippen molar-refractivity contribution in [2.24, 2.45) is 5.92 Å². The highest BCUT2D eigenvalue weighted by atomic mass is 79.9. The average Bonchev–Trinajstić information content (AvgIpc) is 3.40. The zero-order valence-electron chi connectivity index (χ0n) is 19.2. The number of imide groups is 1. The molecule has 2 fully saturated rings. The number of nitrogens with zero attached hydrogens (tertiary/aromatic N) is 3. The van der Waals surface area contributed by atoms with E-state index in [1.807, 2.05) is 0 Å². The van der Waals surface area contributed by atoms with E-state index in [4.69, 9.17) is 14.3 Å². The van der Waals surface area contributed by atoms with E-state index in [1.54, 1.807) is 54.6 Å². The fraction of sp³-hybridized carbons (Fsp3) is 0.200. The van der Waals surface area contributed by atoms with E-state index in [9.17, 15) is 19.7 Å². The first-order chi connectivity index (χ1) is 17.3. The molecule has 11 heteroatoms. The predicted molar refractivity (Wildman–Crippen MR) is 133 cm³/mol. The van der Waals surface area contributed by atoms with E-state index >= 15 is 0 Å². The smallest absolute Gasteiger partial charge is 0.278 e. The lowest BCUT2D eigenvalue weighted by atomic mass is 9.89. The number of hydrogen-bond donors (Lipinski definition) is 0. The van der Waals surface area contributed by atoms with Gasteiger partial charge in [0.05, 0.1) is 42.1 Å². The van der Waals surface area contributed by atoms with Crippen molar-refractivity contribution < 1.29 is 28.8 Å². The molecule has 2 saturated heterocycles. The van der Waals surface area contributed by atoms with Crippen molar-refractivity contribution in [3.05, 3.63) is 86.9 Å². The largest absolute Gasteiger partial charge is 0.493 e. The Labute approximate surface area is 214 Å². The van der Waals surface area contributed by atoms with Crippen LogP contribution in [0.1, 0.15) is 11.6 Å². The lowest BCUT2D eigenvalue weighted by Gasteiger charge is -2.29. The van der Waals surface area contributed by atoms with E-state index in [2.05, 4.69) is 15.9 Å². The molecule has 2 heterocycles. The van der Waals surface area contributed by atoms with E-state index in [1.165, 1.54) is 31.4 Å². The Bertz CT molecular complexity index is 1350. The Kier molecular flexibility index (Phi) is 6.10. The Morgan fingerprint density at radius 1 is 0.917 bits per heavy atom. The van der Waals surface area contributed by atoms with Crippen LogP contribution in [-0.2, 0) is 14.4 Å². The summed E-state index contributed by atoms with van der Waals surface area (Å²) in [6.07, 6.45) is -1.17. The zero-order valence-corrected chi connectivity index (χ0v) is 20.7. The van der Waals surface area contributed by atoms with Crippen molar-refractivity contribution in [2.75, 3.05) is 24.2 Å². The Balaban J connectivity index is 1.68. The van der Waals surface area contributed by atoms with Crippen LogP contribution in [-0.4, -0.2) is 37.1 Å². The van der Waals surface area contributed by atoms with Gasteiger partial charge in [0, 0.05) is 4.47 Å². The number of carbonyl (C=O) groups is 2. The number of fused-ring (bicyclic) bond motifs is 1. The SMILES string of the molecule is COc1cc([C@H]2[C@H]3C(=O)N(c4ccc(Br)cc4)C(=O)[C@H]3ON2c2ccccc2)c([N+](=O)[O-])cc1OC. The molecule has 0 bridgehead atoms. The van der Waals surface area contributed by atoms with Gasteiger partial charge in [-0.05, 0) is 42.5 Å². The van der Waals surface area contributed by atoms with E-state index in [0.29, 0.717) is 11.4 Å². The van der Waals surface area contributed by atoms with E-state index in [0.717, 1.165) is 9.37 Å². The number of anilines is 2. The first-order valence-electron chi connectivity index (χ1n) is 10.9. The number of methoxy groups -OCH3 is 2. The summed E-state index contributed by atoms with van der Waals surface area (Å²) >= 11 is 3.35. The molecule has 184 valence electrons. The minimum Gasteiger partial charge on any atom is -0.493 e. The number of rotatable bonds is 6. The lowest BCUT2D eigenvalue weighted by molar-refractivity contribution is -0.385. The van der Waals surface area contributed by atoms with Gasteiger partial charge in [-0.3, -0.25) is 24.5 Å².